The number of aliphatic hydroxyl groups excluding tert-OH is 1. The van der Waals surface area contributed by atoms with E-state index in [2.05, 4.69) is 6.07 Å². The zero-order chi connectivity index (χ0) is 20.4. The maximum absolute atomic E-state index is 12.8. The number of carbonyl (C=O) groups excluding carboxylic acids is 1. The lowest BCUT2D eigenvalue weighted by Gasteiger charge is -2.17. The van der Waals surface area contributed by atoms with Gasteiger partial charge in [-0.1, -0.05) is 74.0 Å². The molecule has 0 radical (unpaired) electrons. The molecule has 2 rings (SSSR count). The molecule has 2 aromatic carbocycles. The summed E-state index contributed by atoms with van der Waals surface area (Å²) in [5.41, 5.74) is 2.17. The minimum absolute atomic E-state index is 0.00257. The van der Waals surface area contributed by atoms with E-state index in [0.717, 1.165) is 24.0 Å². The van der Waals surface area contributed by atoms with Crippen LogP contribution in [0.25, 0.3) is 5.57 Å². The maximum atomic E-state index is 12.8. The second-order valence-electron chi connectivity index (χ2n) is 6.89. The van der Waals surface area contributed by atoms with Crippen LogP contribution in [0.2, 0.25) is 0 Å². The van der Waals surface area contributed by atoms with Crippen molar-refractivity contribution < 1.29 is 14.6 Å². The molecule has 0 spiro atoms. The summed E-state index contributed by atoms with van der Waals surface area (Å²) >= 11 is 0. The van der Waals surface area contributed by atoms with Crippen molar-refractivity contribution in [1.29, 1.82) is 5.26 Å². The highest BCUT2D eigenvalue weighted by Gasteiger charge is 2.21. The van der Waals surface area contributed by atoms with Crippen LogP contribution in [0.4, 0.5) is 0 Å². The molecule has 1 N–H and O–H groups in total. The number of nitriles is 1. The topological polar surface area (TPSA) is 70.3 Å². The number of esters is 1. The summed E-state index contributed by atoms with van der Waals surface area (Å²) in [5, 5.41) is 19.2. The number of rotatable bonds is 9. The lowest BCUT2D eigenvalue weighted by Crippen LogP contribution is -2.17. The predicted octanol–water partition coefficient (Wildman–Crippen LogP) is 4.74. The Hall–Kier alpha value is -2.90. The summed E-state index contributed by atoms with van der Waals surface area (Å²) in [7, 11) is 0. The molecule has 4 heteroatoms. The van der Waals surface area contributed by atoms with Gasteiger partial charge in [0.25, 0.3) is 0 Å². The normalized spacial score (nSPS) is 12.5. The van der Waals surface area contributed by atoms with Crippen LogP contribution in [-0.2, 0) is 9.53 Å². The van der Waals surface area contributed by atoms with Crippen LogP contribution in [-0.4, -0.2) is 23.8 Å². The van der Waals surface area contributed by atoms with Crippen molar-refractivity contribution in [1.82, 2.24) is 0 Å². The van der Waals surface area contributed by atoms with Gasteiger partial charge in [-0.2, -0.15) is 5.26 Å². The molecule has 2 aromatic rings. The number of hydrogen-bond donors (Lipinski definition) is 1. The quantitative estimate of drug-likeness (QED) is 0.389. The predicted molar refractivity (Wildman–Crippen MR) is 110 cm³/mol. The lowest BCUT2D eigenvalue weighted by atomic mass is 9.93. The summed E-state index contributed by atoms with van der Waals surface area (Å²) in [6.07, 6.45) is 1.91. The molecule has 0 saturated heterocycles. The SMILES string of the molecule is CCC(CCC(C)O)COC(=O)C(C#N)=C(c1ccccc1)c1ccccc1. The van der Waals surface area contributed by atoms with Gasteiger partial charge in [-0.15, -0.1) is 0 Å². The molecular formula is C24H27NO3. The van der Waals surface area contributed by atoms with E-state index in [-0.39, 0.29) is 24.2 Å². The molecule has 0 aliphatic heterocycles. The monoisotopic (exact) mass is 377 g/mol. The Morgan fingerprint density at radius 1 is 1.04 bits per heavy atom. The fraction of sp³-hybridized carbons (Fsp3) is 0.333. The van der Waals surface area contributed by atoms with Crippen LogP contribution in [0.15, 0.2) is 66.2 Å². The first-order valence-electron chi connectivity index (χ1n) is 9.67. The number of hydrogen-bond acceptors (Lipinski definition) is 4. The lowest BCUT2D eigenvalue weighted by molar-refractivity contribution is -0.140. The fourth-order valence-electron chi connectivity index (χ4n) is 3.02. The zero-order valence-corrected chi connectivity index (χ0v) is 16.5. The molecule has 146 valence electrons. The molecule has 0 saturated carbocycles. The summed E-state index contributed by atoms with van der Waals surface area (Å²) in [5.74, 6) is -0.448. The number of ether oxygens (including phenoxy) is 1. The van der Waals surface area contributed by atoms with Crippen molar-refractivity contribution in [2.45, 2.75) is 39.2 Å². The maximum Gasteiger partial charge on any atom is 0.349 e. The van der Waals surface area contributed by atoms with Crippen molar-refractivity contribution in [2.24, 2.45) is 5.92 Å². The Kier molecular flexibility index (Phi) is 8.45. The highest BCUT2D eigenvalue weighted by Crippen LogP contribution is 2.27. The van der Waals surface area contributed by atoms with Crippen LogP contribution >= 0.6 is 0 Å². The first kappa shape index (κ1) is 21.4. The van der Waals surface area contributed by atoms with Crippen LogP contribution in [0.3, 0.4) is 0 Å². The Morgan fingerprint density at radius 2 is 1.57 bits per heavy atom. The van der Waals surface area contributed by atoms with Gasteiger partial charge < -0.3 is 9.84 Å². The first-order chi connectivity index (χ1) is 13.6. The van der Waals surface area contributed by atoms with Crippen molar-refractivity contribution in [3.8, 4) is 6.07 Å². The molecule has 0 heterocycles. The molecule has 28 heavy (non-hydrogen) atoms. The van der Waals surface area contributed by atoms with Crippen molar-refractivity contribution in [3.05, 3.63) is 77.4 Å². The first-order valence-corrected chi connectivity index (χ1v) is 9.67. The molecule has 0 amide bonds. The molecule has 0 aromatic heterocycles. The Labute approximate surface area is 167 Å². The van der Waals surface area contributed by atoms with Crippen molar-refractivity contribution in [2.75, 3.05) is 6.61 Å². The van der Waals surface area contributed by atoms with E-state index in [1.165, 1.54) is 0 Å². The van der Waals surface area contributed by atoms with Crippen LogP contribution in [0, 0.1) is 17.2 Å². The Bertz CT molecular complexity index is 778. The Balaban J connectivity index is 2.30. The van der Waals surface area contributed by atoms with Crippen LogP contribution in [0.1, 0.15) is 44.2 Å². The summed E-state index contributed by atoms with van der Waals surface area (Å²) in [6, 6.07) is 20.9. The van der Waals surface area contributed by atoms with E-state index in [1.54, 1.807) is 6.92 Å². The third-order valence-electron chi connectivity index (χ3n) is 4.71. The molecule has 2 unspecified atom stereocenters. The van der Waals surface area contributed by atoms with E-state index in [0.29, 0.717) is 12.0 Å². The van der Waals surface area contributed by atoms with Gasteiger partial charge in [0.15, 0.2) is 0 Å². The van der Waals surface area contributed by atoms with Gasteiger partial charge in [-0.3, -0.25) is 0 Å². The standard InChI is InChI=1S/C24H27NO3/c1-3-19(15-14-18(2)26)17-28-24(27)22(16-25)23(20-10-6-4-7-11-20)21-12-8-5-9-13-21/h4-13,18-19,26H,3,14-15,17H2,1-2H3. The van der Waals surface area contributed by atoms with Gasteiger partial charge in [-0.05, 0) is 36.8 Å². The van der Waals surface area contributed by atoms with Gasteiger partial charge >= 0.3 is 5.97 Å². The van der Waals surface area contributed by atoms with E-state index in [1.807, 2.05) is 67.6 Å². The van der Waals surface area contributed by atoms with E-state index >= 15 is 0 Å². The second kappa shape index (κ2) is 11.1. The van der Waals surface area contributed by atoms with Crippen molar-refractivity contribution in [3.63, 3.8) is 0 Å². The summed E-state index contributed by atoms with van der Waals surface area (Å²) in [6.45, 7) is 4.02. The number of aliphatic hydroxyl groups is 1. The molecule has 4 nitrogen and oxygen atoms in total. The van der Waals surface area contributed by atoms with Gasteiger partial charge in [0.2, 0.25) is 0 Å². The summed E-state index contributed by atoms with van der Waals surface area (Å²) < 4.78 is 5.50. The van der Waals surface area contributed by atoms with Gasteiger partial charge in [0.05, 0.1) is 12.7 Å². The highest BCUT2D eigenvalue weighted by atomic mass is 16.5. The average Bonchev–Trinajstić information content (AvgIpc) is 2.72. The van der Waals surface area contributed by atoms with Crippen LogP contribution < -0.4 is 0 Å². The third-order valence-corrected chi connectivity index (χ3v) is 4.71. The smallest absolute Gasteiger partial charge is 0.349 e. The minimum atomic E-state index is -0.610. The number of carbonyl (C=O) groups is 1. The van der Waals surface area contributed by atoms with E-state index in [4.69, 9.17) is 4.74 Å². The van der Waals surface area contributed by atoms with Gasteiger partial charge in [0, 0.05) is 5.57 Å². The summed E-state index contributed by atoms with van der Waals surface area (Å²) in [4.78, 5) is 12.8. The largest absolute Gasteiger partial charge is 0.461 e. The molecule has 0 aliphatic carbocycles. The van der Waals surface area contributed by atoms with Gasteiger partial charge in [0.1, 0.15) is 11.6 Å². The molecule has 0 bridgehead atoms. The number of benzene rings is 2. The van der Waals surface area contributed by atoms with E-state index in [9.17, 15) is 15.2 Å². The number of nitrogens with zero attached hydrogens (tertiary/aromatic N) is 1. The van der Waals surface area contributed by atoms with E-state index < -0.39 is 5.97 Å². The second-order valence-corrected chi connectivity index (χ2v) is 6.89. The van der Waals surface area contributed by atoms with Gasteiger partial charge in [-0.25, -0.2) is 4.79 Å². The molecular weight excluding hydrogens is 350 g/mol. The van der Waals surface area contributed by atoms with Crippen LogP contribution in [0.5, 0.6) is 0 Å². The zero-order valence-electron chi connectivity index (χ0n) is 16.5. The Morgan fingerprint density at radius 3 is 2.00 bits per heavy atom. The third kappa shape index (κ3) is 6.07. The minimum Gasteiger partial charge on any atom is -0.461 e. The van der Waals surface area contributed by atoms with Crippen molar-refractivity contribution >= 4 is 11.5 Å². The average molecular weight is 377 g/mol. The highest BCUT2D eigenvalue weighted by molar-refractivity contribution is 6.05. The molecule has 2 atom stereocenters. The fourth-order valence-corrected chi connectivity index (χ4v) is 3.02. The molecule has 0 aliphatic rings. The molecule has 0 fully saturated rings.